The van der Waals surface area contributed by atoms with E-state index in [0.717, 1.165) is 19.3 Å². The van der Waals surface area contributed by atoms with Gasteiger partial charge in [0, 0.05) is 5.57 Å². The summed E-state index contributed by atoms with van der Waals surface area (Å²) in [5.74, 6) is -0.790. The van der Waals surface area contributed by atoms with Crippen LogP contribution in [-0.4, -0.2) is 11.1 Å². The molecule has 1 aromatic rings. The highest BCUT2D eigenvalue weighted by atomic mass is 16.4. The Morgan fingerprint density at radius 1 is 1.25 bits per heavy atom. The molecule has 2 nitrogen and oxygen atoms in total. The highest BCUT2D eigenvalue weighted by Gasteiger charge is 2.04. The summed E-state index contributed by atoms with van der Waals surface area (Å²) in [6.07, 6.45) is 5.34. The molecule has 1 rings (SSSR count). The Labute approximate surface area is 96.6 Å². The molecule has 16 heavy (non-hydrogen) atoms. The molecule has 1 aromatic carbocycles. The zero-order valence-corrected chi connectivity index (χ0v) is 9.65. The van der Waals surface area contributed by atoms with E-state index in [1.54, 1.807) is 13.0 Å². The minimum absolute atomic E-state index is 0.521. The molecule has 2 heteroatoms. The van der Waals surface area contributed by atoms with Gasteiger partial charge in [-0.1, -0.05) is 36.4 Å². The van der Waals surface area contributed by atoms with E-state index in [9.17, 15) is 4.79 Å². The van der Waals surface area contributed by atoms with Crippen LogP contribution in [0.25, 0.3) is 0 Å². The number of rotatable bonds is 6. The molecule has 1 N–H and O–H groups in total. The molecule has 0 fully saturated rings. The van der Waals surface area contributed by atoms with Gasteiger partial charge in [0.15, 0.2) is 0 Å². The molecule has 0 aliphatic carbocycles. The van der Waals surface area contributed by atoms with Crippen LogP contribution >= 0.6 is 0 Å². The predicted molar refractivity (Wildman–Crippen MR) is 65.4 cm³/mol. The van der Waals surface area contributed by atoms with E-state index in [1.165, 1.54) is 5.56 Å². The largest absolute Gasteiger partial charge is 0.478 e. The van der Waals surface area contributed by atoms with Crippen molar-refractivity contribution in [1.82, 2.24) is 0 Å². The third kappa shape index (κ3) is 4.30. The molecule has 0 radical (unpaired) electrons. The van der Waals surface area contributed by atoms with Crippen molar-refractivity contribution in [2.24, 2.45) is 0 Å². The van der Waals surface area contributed by atoms with Gasteiger partial charge in [-0.05, 0) is 38.2 Å². The van der Waals surface area contributed by atoms with Gasteiger partial charge in [-0.3, -0.25) is 0 Å². The van der Waals surface area contributed by atoms with Gasteiger partial charge in [-0.15, -0.1) is 0 Å². The molecule has 86 valence electrons. The van der Waals surface area contributed by atoms with Crippen molar-refractivity contribution in [2.45, 2.75) is 32.6 Å². The molecule has 0 saturated heterocycles. The van der Waals surface area contributed by atoms with Crippen molar-refractivity contribution in [2.75, 3.05) is 0 Å². The molecule has 0 spiro atoms. The second-order valence-electron chi connectivity index (χ2n) is 3.81. The standard InChI is InChI=1S/C14H18O2/c1-2-13(14(15)16)11-7-6-10-12-8-4-3-5-9-12/h2-5,8-9H,6-7,10-11H2,1H3,(H,15,16)/b13-2+. The first-order chi connectivity index (χ1) is 7.74. The van der Waals surface area contributed by atoms with Crippen LogP contribution in [0.3, 0.4) is 0 Å². The zero-order valence-electron chi connectivity index (χ0n) is 9.65. The average Bonchev–Trinajstić information content (AvgIpc) is 2.30. The van der Waals surface area contributed by atoms with E-state index in [-0.39, 0.29) is 0 Å². The highest BCUT2D eigenvalue weighted by molar-refractivity contribution is 5.86. The number of allylic oxidation sites excluding steroid dienone is 1. The summed E-state index contributed by atoms with van der Waals surface area (Å²) in [6, 6.07) is 10.3. The first-order valence-corrected chi connectivity index (χ1v) is 5.66. The Kier molecular flexibility index (Phi) is 5.34. The molecule has 0 unspecified atom stereocenters. The Morgan fingerprint density at radius 2 is 1.94 bits per heavy atom. The first-order valence-electron chi connectivity index (χ1n) is 5.66. The predicted octanol–water partition coefficient (Wildman–Crippen LogP) is 3.43. The van der Waals surface area contributed by atoms with Gasteiger partial charge in [-0.25, -0.2) is 4.79 Å². The fraction of sp³-hybridized carbons (Fsp3) is 0.357. The van der Waals surface area contributed by atoms with Gasteiger partial charge in [-0.2, -0.15) is 0 Å². The lowest BCUT2D eigenvalue weighted by Crippen LogP contribution is -2.00. The number of carbonyl (C=O) groups is 1. The van der Waals surface area contributed by atoms with E-state index in [1.807, 2.05) is 18.2 Å². The molecule has 0 aromatic heterocycles. The Bertz CT molecular complexity index is 352. The van der Waals surface area contributed by atoms with Crippen LogP contribution in [0.4, 0.5) is 0 Å². The number of benzene rings is 1. The molecular weight excluding hydrogens is 200 g/mol. The molecule has 0 bridgehead atoms. The third-order valence-corrected chi connectivity index (χ3v) is 2.63. The van der Waals surface area contributed by atoms with Crippen LogP contribution in [0.1, 0.15) is 31.7 Å². The Hall–Kier alpha value is -1.57. The lowest BCUT2D eigenvalue weighted by molar-refractivity contribution is -0.132. The number of aryl methyl sites for hydroxylation is 1. The number of aliphatic carboxylic acids is 1. The Balaban J connectivity index is 2.25. The summed E-state index contributed by atoms with van der Waals surface area (Å²) in [7, 11) is 0. The van der Waals surface area contributed by atoms with Gasteiger partial charge >= 0.3 is 5.97 Å². The number of carboxylic acid groups (broad SMARTS) is 1. The summed E-state index contributed by atoms with van der Waals surface area (Å²) in [4.78, 5) is 10.7. The van der Waals surface area contributed by atoms with Gasteiger partial charge < -0.3 is 5.11 Å². The molecule has 0 aliphatic heterocycles. The van der Waals surface area contributed by atoms with Gasteiger partial charge in [0.1, 0.15) is 0 Å². The SMILES string of the molecule is C/C=C(\CCCCc1ccccc1)C(=O)O. The van der Waals surface area contributed by atoms with Crippen molar-refractivity contribution in [3.63, 3.8) is 0 Å². The average molecular weight is 218 g/mol. The van der Waals surface area contributed by atoms with Crippen molar-refractivity contribution < 1.29 is 9.90 Å². The highest BCUT2D eigenvalue weighted by Crippen LogP contribution is 2.11. The summed E-state index contributed by atoms with van der Waals surface area (Å²) >= 11 is 0. The molecule has 0 atom stereocenters. The smallest absolute Gasteiger partial charge is 0.331 e. The lowest BCUT2D eigenvalue weighted by atomic mass is 10.0. The summed E-state index contributed by atoms with van der Waals surface area (Å²) in [5, 5.41) is 8.82. The second kappa shape index (κ2) is 6.83. The van der Waals surface area contributed by atoms with E-state index >= 15 is 0 Å². The minimum Gasteiger partial charge on any atom is -0.478 e. The number of hydrogen-bond donors (Lipinski definition) is 1. The summed E-state index contributed by atoms with van der Waals surface area (Å²) < 4.78 is 0. The maximum Gasteiger partial charge on any atom is 0.331 e. The molecule has 0 amide bonds. The van der Waals surface area contributed by atoms with Crippen LogP contribution in [0.2, 0.25) is 0 Å². The van der Waals surface area contributed by atoms with Gasteiger partial charge in [0.2, 0.25) is 0 Å². The lowest BCUT2D eigenvalue weighted by Gasteiger charge is -2.02. The third-order valence-electron chi connectivity index (χ3n) is 2.63. The first kappa shape index (κ1) is 12.5. The molecular formula is C14H18O2. The minimum atomic E-state index is -0.790. The van der Waals surface area contributed by atoms with Crippen LogP contribution in [0.15, 0.2) is 42.0 Å². The second-order valence-corrected chi connectivity index (χ2v) is 3.81. The van der Waals surface area contributed by atoms with E-state index < -0.39 is 5.97 Å². The topological polar surface area (TPSA) is 37.3 Å². The number of carboxylic acids is 1. The molecule has 0 aliphatic rings. The maximum atomic E-state index is 10.7. The fourth-order valence-electron chi connectivity index (χ4n) is 1.66. The van der Waals surface area contributed by atoms with Gasteiger partial charge in [0.25, 0.3) is 0 Å². The van der Waals surface area contributed by atoms with Crippen LogP contribution < -0.4 is 0 Å². The van der Waals surface area contributed by atoms with E-state index in [0.29, 0.717) is 12.0 Å². The summed E-state index contributed by atoms with van der Waals surface area (Å²) in [6.45, 7) is 1.78. The van der Waals surface area contributed by atoms with Crippen molar-refractivity contribution in [3.8, 4) is 0 Å². The molecule has 0 heterocycles. The van der Waals surface area contributed by atoms with Crippen LogP contribution in [0.5, 0.6) is 0 Å². The molecule has 0 saturated carbocycles. The Morgan fingerprint density at radius 3 is 2.50 bits per heavy atom. The van der Waals surface area contributed by atoms with Gasteiger partial charge in [0.05, 0.1) is 0 Å². The number of hydrogen-bond acceptors (Lipinski definition) is 1. The van der Waals surface area contributed by atoms with Crippen molar-refractivity contribution >= 4 is 5.97 Å². The normalized spacial score (nSPS) is 11.4. The van der Waals surface area contributed by atoms with Crippen LogP contribution in [0, 0.1) is 0 Å². The summed E-state index contributed by atoms with van der Waals surface area (Å²) in [5.41, 5.74) is 1.84. The zero-order chi connectivity index (χ0) is 11.8. The van der Waals surface area contributed by atoms with E-state index in [4.69, 9.17) is 5.11 Å². The monoisotopic (exact) mass is 218 g/mol. The van der Waals surface area contributed by atoms with Crippen molar-refractivity contribution in [1.29, 1.82) is 0 Å². The van der Waals surface area contributed by atoms with E-state index in [2.05, 4.69) is 12.1 Å². The number of unbranched alkanes of at least 4 members (excludes halogenated alkanes) is 1. The fourth-order valence-corrected chi connectivity index (χ4v) is 1.66. The quantitative estimate of drug-likeness (QED) is 0.586. The van der Waals surface area contributed by atoms with Crippen LogP contribution in [-0.2, 0) is 11.2 Å². The maximum absolute atomic E-state index is 10.7. The van der Waals surface area contributed by atoms with Crippen molar-refractivity contribution in [3.05, 3.63) is 47.5 Å².